The Morgan fingerprint density at radius 1 is 0.949 bits per heavy atom. The summed E-state index contributed by atoms with van der Waals surface area (Å²) in [5, 5.41) is 0. The number of amides is 1. The number of hydrogen-bond acceptors (Lipinski definition) is 3. The molecule has 0 aliphatic carbocycles. The van der Waals surface area contributed by atoms with Crippen molar-refractivity contribution in [2.45, 2.75) is 65.6 Å². The number of likely N-dealkylation sites (tertiary alicyclic amines) is 1. The Morgan fingerprint density at radius 2 is 1.67 bits per heavy atom. The van der Waals surface area contributed by atoms with Crippen LogP contribution in [0.3, 0.4) is 0 Å². The minimum Gasteiger partial charge on any atom is -0.331 e. The van der Waals surface area contributed by atoms with E-state index in [1.165, 1.54) is 42.5 Å². The number of imidazole rings is 1. The van der Waals surface area contributed by atoms with Gasteiger partial charge in [0.15, 0.2) is 0 Å². The van der Waals surface area contributed by atoms with E-state index in [2.05, 4.69) is 46.7 Å². The highest BCUT2D eigenvalue weighted by Gasteiger charge is 2.22. The van der Waals surface area contributed by atoms with Gasteiger partial charge in [0.25, 0.3) is 5.91 Å². The lowest BCUT2D eigenvalue weighted by atomic mass is 10.0. The maximum Gasteiger partial charge on any atom is 0.254 e. The second kappa shape index (κ2) is 12.6. The molecule has 39 heavy (non-hydrogen) atoms. The summed E-state index contributed by atoms with van der Waals surface area (Å²) in [5.74, 6) is 0.309. The van der Waals surface area contributed by atoms with Crippen LogP contribution in [0.5, 0.6) is 0 Å². The predicted molar refractivity (Wildman–Crippen MR) is 155 cm³/mol. The fourth-order valence-electron chi connectivity index (χ4n) is 5.58. The van der Waals surface area contributed by atoms with Crippen molar-refractivity contribution in [1.29, 1.82) is 0 Å². The summed E-state index contributed by atoms with van der Waals surface area (Å²) in [6, 6.07) is 21.3. The van der Waals surface area contributed by atoms with Gasteiger partial charge < -0.3 is 9.47 Å². The quantitative estimate of drug-likeness (QED) is 0.224. The second-order valence-corrected chi connectivity index (χ2v) is 10.7. The average molecular weight is 527 g/mol. The zero-order valence-corrected chi connectivity index (χ0v) is 23.2. The van der Waals surface area contributed by atoms with E-state index in [4.69, 9.17) is 4.98 Å². The Balaban J connectivity index is 1.48. The summed E-state index contributed by atoms with van der Waals surface area (Å²) >= 11 is 0. The molecule has 1 saturated heterocycles. The predicted octanol–water partition coefficient (Wildman–Crippen LogP) is 6.96. The monoisotopic (exact) mass is 526 g/mol. The number of carbonyl (C=O) groups is 1. The molecule has 1 amide bonds. The summed E-state index contributed by atoms with van der Waals surface area (Å²) in [6.45, 7) is 8.90. The van der Waals surface area contributed by atoms with Crippen LogP contribution in [0.4, 0.5) is 4.39 Å². The van der Waals surface area contributed by atoms with E-state index >= 15 is 0 Å². The van der Waals surface area contributed by atoms with E-state index in [1.54, 1.807) is 6.07 Å². The SMILES string of the molecule is CCCCN(Cc1nc2ccccc2n1Cc1ccccc1CN1CCCCC1)C(=O)c1cc(F)ccc1C. The van der Waals surface area contributed by atoms with Gasteiger partial charge in [0.2, 0.25) is 0 Å². The summed E-state index contributed by atoms with van der Waals surface area (Å²) in [7, 11) is 0. The van der Waals surface area contributed by atoms with Crippen molar-refractivity contribution in [2.75, 3.05) is 19.6 Å². The Morgan fingerprint density at radius 3 is 2.44 bits per heavy atom. The molecule has 4 aromatic rings. The fourth-order valence-corrected chi connectivity index (χ4v) is 5.58. The average Bonchev–Trinajstić information content (AvgIpc) is 3.30. The summed E-state index contributed by atoms with van der Waals surface area (Å²) in [6.07, 6.45) is 5.70. The molecule has 1 fully saturated rings. The van der Waals surface area contributed by atoms with Gasteiger partial charge in [0.05, 0.1) is 17.6 Å². The fraction of sp³-hybridized carbons (Fsp3) is 0.394. The van der Waals surface area contributed by atoms with E-state index in [9.17, 15) is 9.18 Å². The summed E-state index contributed by atoms with van der Waals surface area (Å²) in [4.78, 5) is 23.1. The van der Waals surface area contributed by atoms with Gasteiger partial charge in [-0.3, -0.25) is 9.69 Å². The molecule has 3 aromatic carbocycles. The van der Waals surface area contributed by atoms with Crippen LogP contribution in [-0.4, -0.2) is 44.9 Å². The zero-order chi connectivity index (χ0) is 27.2. The molecule has 0 atom stereocenters. The lowest BCUT2D eigenvalue weighted by Crippen LogP contribution is -2.33. The molecule has 5 rings (SSSR count). The van der Waals surface area contributed by atoms with E-state index in [0.29, 0.717) is 25.2 Å². The molecule has 0 saturated carbocycles. The third-order valence-corrected chi connectivity index (χ3v) is 7.85. The maximum absolute atomic E-state index is 14.1. The van der Waals surface area contributed by atoms with Crippen LogP contribution < -0.4 is 0 Å². The topological polar surface area (TPSA) is 41.4 Å². The van der Waals surface area contributed by atoms with Crippen LogP contribution in [-0.2, 0) is 19.6 Å². The number of para-hydroxylation sites is 2. The van der Waals surface area contributed by atoms with Crippen molar-refractivity contribution in [3.8, 4) is 0 Å². The largest absolute Gasteiger partial charge is 0.331 e. The third-order valence-electron chi connectivity index (χ3n) is 7.85. The zero-order valence-electron chi connectivity index (χ0n) is 23.2. The highest BCUT2D eigenvalue weighted by Crippen LogP contribution is 2.24. The van der Waals surface area contributed by atoms with Gasteiger partial charge in [-0.05, 0) is 80.2 Å². The molecule has 0 spiro atoms. The maximum atomic E-state index is 14.1. The number of carbonyl (C=O) groups excluding carboxylic acids is 1. The first-order valence-electron chi connectivity index (χ1n) is 14.3. The molecule has 0 radical (unpaired) electrons. The molecule has 1 aliphatic rings. The molecule has 2 heterocycles. The van der Waals surface area contributed by atoms with Gasteiger partial charge in [0, 0.05) is 25.2 Å². The molecule has 0 bridgehead atoms. The Bertz CT molecular complexity index is 1420. The smallest absolute Gasteiger partial charge is 0.254 e. The number of aromatic nitrogens is 2. The molecular weight excluding hydrogens is 487 g/mol. The van der Waals surface area contributed by atoms with Crippen LogP contribution in [0.25, 0.3) is 11.0 Å². The number of nitrogens with zero attached hydrogens (tertiary/aromatic N) is 4. The van der Waals surface area contributed by atoms with Crippen LogP contribution >= 0.6 is 0 Å². The number of piperidine rings is 1. The number of unbranched alkanes of at least 4 members (excludes halogenated alkanes) is 1. The standard InChI is InChI=1S/C33H39FN4O/c1-3-4-20-37(33(39)29-21-28(34)17-16-25(29)2)24-32-35-30-14-8-9-15-31(30)38(32)23-27-13-7-6-12-26(27)22-36-18-10-5-11-19-36/h6-9,12-17,21H,3-5,10-11,18-20,22-24H2,1-2H3. The van der Waals surface area contributed by atoms with Gasteiger partial charge in [-0.25, -0.2) is 9.37 Å². The normalized spacial score (nSPS) is 14.1. The third kappa shape index (κ3) is 6.39. The second-order valence-electron chi connectivity index (χ2n) is 10.7. The number of benzene rings is 3. The van der Waals surface area contributed by atoms with E-state index in [1.807, 2.05) is 30.0 Å². The molecule has 0 N–H and O–H groups in total. The number of hydrogen-bond donors (Lipinski definition) is 0. The minimum absolute atomic E-state index is 0.149. The van der Waals surface area contributed by atoms with Crippen molar-refractivity contribution in [3.63, 3.8) is 0 Å². The Kier molecular flexibility index (Phi) is 8.72. The summed E-state index contributed by atoms with van der Waals surface area (Å²) < 4.78 is 16.4. The van der Waals surface area contributed by atoms with Crippen molar-refractivity contribution in [2.24, 2.45) is 0 Å². The first kappa shape index (κ1) is 27.1. The number of rotatable bonds is 10. The molecule has 0 unspecified atom stereocenters. The van der Waals surface area contributed by atoms with Crippen LogP contribution in [0.2, 0.25) is 0 Å². The van der Waals surface area contributed by atoms with Crippen LogP contribution in [0.15, 0.2) is 66.7 Å². The number of fused-ring (bicyclic) bond motifs is 1. The van der Waals surface area contributed by atoms with E-state index in [0.717, 1.165) is 54.9 Å². The molecule has 1 aromatic heterocycles. The number of halogens is 1. The van der Waals surface area contributed by atoms with Crippen molar-refractivity contribution in [3.05, 3.63) is 101 Å². The Hall–Kier alpha value is -3.51. The molecule has 5 nitrogen and oxygen atoms in total. The van der Waals surface area contributed by atoms with E-state index < -0.39 is 5.82 Å². The van der Waals surface area contributed by atoms with Crippen molar-refractivity contribution < 1.29 is 9.18 Å². The lowest BCUT2D eigenvalue weighted by Gasteiger charge is -2.27. The van der Waals surface area contributed by atoms with Gasteiger partial charge in [-0.2, -0.15) is 0 Å². The first-order valence-corrected chi connectivity index (χ1v) is 14.3. The molecule has 1 aliphatic heterocycles. The Labute approximate surface area is 231 Å². The lowest BCUT2D eigenvalue weighted by molar-refractivity contribution is 0.0733. The van der Waals surface area contributed by atoms with Gasteiger partial charge in [-0.1, -0.05) is 62.2 Å². The molecule has 204 valence electrons. The number of aryl methyl sites for hydroxylation is 1. The van der Waals surface area contributed by atoms with Gasteiger partial charge >= 0.3 is 0 Å². The minimum atomic E-state index is -0.392. The van der Waals surface area contributed by atoms with Crippen LogP contribution in [0, 0.1) is 12.7 Å². The first-order chi connectivity index (χ1) is 19.0. The highest BCUT2D eigenvalue weighted by molar-refractivity contribution is 5.95. The molecular formula is C33H39FN4O. The van der Waals surface area contributed by atoms with Gasteiger partial charge in [0.1, 0.15) is 11.6 Å². The van der Waals surface area contributed by atoms with Crippen molar-refractivity contribution in [1.82, 2.24) is 19.4 Å². The van der Waals surface area contributed by atoms with Crippen LogP contribution in [0.1, 0.15) is 71.9 Å². The van der Waals surface area contributed by atoms with Crippen molar-refractivity contribution >= 4 is 16.9 Å². The van der Waals surface area contributed by atoms with Gasteiger partial charge in [-0.15, -0.1) is 0 Å². The summed E-state index contributed by atoms with van der Waals surface area (Å²) in [5.41, 5.74) is 5.80. The molecule has 6 heteroatoms. The highest BCUT2D eigenvalue weighted by atomic mass is 19.1. The van der Waals surface area contributed by atoms with E-state index in [-0.39, 0.29) is 5.91 Å².